The molecule has 1 atom stereocenters. The largest absolute Gasteiger partial charge is 0.392 e. The predicted octanol–water partition coefficient (Wildman–Crippen LogP) is 3.70. The van der Waals surface area contributed by atoms with Crippen LogP contribution in [0.4, 0.5) is 0 Å². The second-order valence-electron chi connectivity index (χ2n) is 9.12. The lowest BCUT2D eigenvalue weighted by molar-refractivity contribution is 0.0703. The number of hydrogen-bond donors (Lipinski definition) is 3. The van der Waals surface area contributed by atoms with E-state index in [9.17, 15) is 9.90 Å². The van der Waals surface area contributed by atoms with Crippen molar-refractivity contribution in [1.29, 1.82) is 0 Å². The number of aromatic amines is 1. The van der Waals surface area contributed by atoms with E-state index >= 15 is 0 Å². The van der Waals surface area contributed by atoms with E-state index in [1.54, 1.807) is 14.0 Å². The summed E-state index contributed by atoms with van der Waals surface area (Å²) in [6.07, 6.45) is 4.19. The fourth-order valence-electron chi connectivity index (χ4n) is 4.69. The second-order valence-corrected chi connectivity index (χ2v) is 9.12. The minimum absolute atomic E-state index is 0.119. The molecule has 4 aromatic rings. The number of likely N-dealkylation sites (N-methyl/N-ethyl adjacent to an activating group) is 1. The van der Waals surface area contributed by atoms with Gasteiger partial charge in [-0.05, 0) is 73.3 Å². The van der Waals surface area contributed by atoms with Crippen LogP contribution in [0.2, 0.25) is 0 Å². The lowest BCUT2D eigenvalue weighted by atomic mass is 9.93. The zero-order valence-corrected chi connectivity index (χ0v) is 19.7. The van der Waals surface area contributed by atoms with E-state index in [1.165, 1.54) is 21.6 Å². The van der Waals surface area contributed by atoms with Crippen molar-refractivity contribution in [2.75, 3.05) is 20.1 Å². The van der Waals surface area contributed by atoms with Crippen LogP contribution in [-0.2, 0) is 13.0 Å². The number of rotatable bonds is 5. The molecule has 0 saturated heterocycles. The summed E-state index contributed by atoms with van der Waals surface area (Å²) < 4.78 is 0. The van der Waals surface area contributed by atoms with Gasteiger partial charge in [0.1, 0.15) is 5.52 Å². The SMILES string of the molecule is Cc1cc(-c2cnc3[nH]cc(-c4ccc(C(=O)N(C)CC(C)O)cc4)c3n2)cc2c1CNCC2. The highest BCUT2D eigenvalue weighted by Gasteiger charge is 2.17. The Morgan fingerprint density at radius 1 is 1.21 bits per heavy atom. The molecule has 1 aliphatic rings. The number of amides is 1. The van der Waals surface area contributed by atoms with E-state index in [4.69, 9.17) is 4.98 Å². The molecule has 1 aliphatic heterocycles. The highest BCUT2D eigenvalue weighted by Crippen LogP contribution is 2.31. The molecule has 0 radical (unpaired) electrons. The Morgan fingerprint density at radius 2 is 2.00 bits per heavy atom. The maximum atomic E-state index is 12.6. The Balaban J connectivity index is 1.47. The molecule has 0 spiro atoms. The molecule has 1 amide bonds. The maximum absolute atomic E-state index is 12.6. The zero-order chi connectivity index (χ0) is 23.8. The van der Waals surface area contributed by atoms with Crippen molar-refractivity contribution in [2.45, 2.75) is 32.9 Å². The monoisotopic (exact) mass is 455 g/mol. The van der Waals surface area contributed by atoms with E-state index in [1.807, 2.05) is 36.7 Å². The van der Waals surface area contributed by atoms with Gasteiger partial charge in [0.05, 0.1) is 18.0 Å². The van der Waals surface area contributed by atoms with Crippen molar-refractivity contribution in [3.8, 4) is 22.4 Å². The third-order valence-electron chi connectivity index (χ3n) is 6.44. The molecule has 1 unspecified atom stereocenters. The number of hydrogen-bond acceptors (Lipinski definition) is 5. The minimum Gasteiger partial charge on any atom is -0.392 e. The van der Waals surface area contributed by atoms with Gasteiger partial charge >= 0.3 is 0 Å². The zero-order valence-electron chi connectivity index (χ0n) is 19.7. The van der Waals surface area contributed by atoms with Crippen molar-refractivity contribution in [3.05, 3.63) is 71.0 Å². The smallest absolute Gasteiger partial charge is 0.253 e. The number of nitrogens with one attached hydrogen (secondary N) is 2. The summed E-state index contributed by atoms with van der Waals surface area (Å²) in [7, 11) is 1.69. The van der Waals surface area contributed by atoms with Gasteiger partial charge in [0.25, 0.3) is 5.91 Å². The number of aliphatic hydroxyl groups is 1. The third-order valence-corrected chi connectivity index (χ3v) is 6.44. The van der Waals surface area contributed by atoms with Gasteiger partial charge in [-0.2, -0.15) is 0 Å². The van der Waals surface area contributed by atoms with Gasteiger partial charge in [-0.15, -0.1) is 0 Å². The van der Waals surface area contributed by atoms with E-state index in [0.29, 0.717) is 12.1 Å². The van der Waals surface area contributed by atoms with Crippen LogP contribution in [0.5, 0.6) is 0 Å². The first-order chi connectivity index (χ1) is 16.4. The molecule has 0 bridgehead atoms. The van der Waals surface area contributed by atoms with Crippen LogP contribution >= 0.6 is 0 Å². The summed E-state index contributed by atoms with van der Waals surface area (Å²) in [5, 5.41) is 13.0. The fourth-order valence-corrected chi connectivity index (χ4v) is 4.69. The molecule has 7 nitrogen and oxygen atoms in total. The summed E-state index contributed by atoms with van der Waals surface area (Å²) in [6.45, 7) is 6.03. The number of aliphatic hydroxyl groups excluding tert-OH is 1. The van der Waals surface area contributed by atoms with Gasteiger partial charge in [-0.3, -0.25) is 4.79 Å². The van der Waals surface area contributed by atoms with Crippen LogP contribution in [0.1, 0.15) is 34.0 Å². The Kier molecular flexibility index (Phi) is 5.89. The summed E-state index contributed by atoms with van der Waals surface area (Å²) >= 11 is 0. The van der Waals surface area contributed by atoms with Crippen LogP contribution in [0.25, 0.3) is 33.5 Å². The van der Waals surface area contributed by atoms with E-state index in [-0.39, 0.29) is 5.91 Å². The first kappa shape index (κ1) is 22.3. The average Bonchev–Trinajstić information content (AvgIpc) is 3.26. The normalized spacial score (nSPS) is 14.1. The highest BCUT2D eigenvalue weighted by atomic mass is 16.3. The Bertz CT molecular complexity index is 1360. The molecule has 0 aliphatic carbocycles. The summed E-state index contributed by atoms with van der Waals surface area (Å²) in [5.74, 6) is -0.119. The van der Waals surface area contributed by atoms with Gasteiger partial charge in [0.2, 0.25) is 0 Å². The highest BCUT2D eigenvalue weighted by molar-refractivity contribution is 5.96. The minimum atomic E-state index is -0.567. The first-order valence-electron chi connectivity index (χ1n) is 11.6. The number of aryl methyl sites for hydroxylation is 1. The number of fused-ring (bicyclic) bond motifs is 2. The Hall–Kier alpha value is -3.55. The van der Waals surface area contributed by atoms with Crippen LogP contribution in [0.15, 0.2) is 48.8 Å². The average molecular weight is 456 g/mol. The molecule has 174 valence electrons. The molecule has 3 N–H and O–H groups in total. The molecule has 7 heteroatoms. The number of carbonyl (C=O) groups excluding carboxylic acids is 1. The third kappa shape index (κ3) is 4.20. The van der Waals surface area contributed by atoms with Crippen molar-refractivity contribution in [3.63, 3.8) is 0 Å². The Morgan fingerprint density at radius 3 is 2.76 bits per heavy atom. The molecular weight excluding hydrogens is 426 g/mol. The number of carbonyl (C=O) groups is 1. The summed E-state index contributed by atoms with van der Waals surface area (Å²) in [4.78, 5) is 27.0. The van der Waals surface area contributed by atoms with Crippen LogP contribution in [0.3, 0.4) is 0 Å². The lowest BCUT2D eigenvalue weighted by Gasteiger charge is -2.20. The van der Waals surface area contributed by atoms with E-state index in [0.717, 1.165) is 53.1 Å². The summed E-state index contributed by atoms with van der Waals surface area (Å²) in [6, 6.07) is 11.9. The van der Waals surface area contributed by atoms with Gasteiger partial charge in [0.15, 0.2) is 5.65 Å². The Labute approximate surface area is 198 Å². The molecule has 0 saturated carbocycles. The van der Waals surface area contributed by atoms with Crippen LogP contribution in [0, 0.1) is 6.92 Å². The van der Waals surface area contributed by atoms with Gasteiger partial charge in [-0.1, -0.05) is 12.1 Å². The second kappa shape index (κ2) is 9.00. The number of H-pyrrole nitrogens is 1. The standard InChI is InChI=1S/C27H29N5O2/c1-16-10-21(11-20-8-9-28-12-22(16)20)24-14-30-26-25(31-24)23(13-29-26)18-4-6-19(7-5-18)27(34)32(3)15-17(2)33/h4-7,10-11,13-14,17,28,33H,8-9,12,15H2,1-3H3,(H,29,30). The van der Waals surface area contributed by atoms with Gasteiger partial charge in [0, 0.05) is 43.0 Å². The molecule has 5 rings (SSSR count). The number of nitrogens with zero attached hydrogens (tertiary/aromatic N) is 3. The van der Waals surface area contributed by atoms with Crippen molar-refractivity contribution in [2.24, 2.45) is 0 Å². The molecular formula is C27H29N5O2. The number of benzene rings is 2. The number of aromatic nitrogens is 3. The maximum Gasteiger partial charge on any atom is 0.253 e. The van der Waals surface area contributed by atoms with E-state index in [2.05, 4.69) is 34.3 Å². The molecule has 0 fully saturated rings. The van der Waals surface area contributed by atoms with Crippen LogP contribution in [-0.4, -0.2) is 57.1 Å². The lowest BCUT2D eigenvalue weighted by Crippen LogP contribution is -2.32. The van der Waals surface area contributed by atoms with Gasteiger partial charge in [-0.25, -0.2) is 9.97 Å². The van der Waals surface area contributed by atoms with Crippen molar-refractivity contribution >= 4 is 17.1 Å². The van der Waals surface area contributed by atoms with Crippen molar-refractivity contribution < 1.29 is 9.90 Å². The first-order valence-corrected chi connectivity index (χ1v) is 11.6. The molecule has 34 heavy (non-hydrogen) atoms. The fraction of sp³-hybridized carbons (Fsp3) is 0.296. The predicted molar refractivity (Wildman–Crippen MR) is 134 cm³/mol. The quantitative estimate of drug-likeness (QED) is 0.427. The molecule has 2 aromatic carbocycles. The van der Waals surface area contributed by atoms with Gasteiger partial charge < -0.3 is 20.3 Å². The molecule has 2 aromatic heterocycles. The van der Waals surface area contributed by atoms with E-state index < -0.39 is 6.10 Å². The van der Waals surface area contributed by atoms with Crippen molar-refractivity contribution in [1.82, 2.24) is 25.2 Å². The summed E-state index contributed by atoms with van der Waals surface area (Å²) in [5.41, 5.74) is 10.0. The topological polar surface area (TPSA) is 94.1 Å². The van der Waals surface area contributed by atoms with Crippen LogP contribution < -0.4 is 5.32 Å². The molecule has 3 heterocycles.